The van der Waals surface area contributed by atoms with Crippen molar-refractivity contribution >= 4 is 6.29 Å². The molecule has 1 aromatic carbocycles. The minimum Gasteiger partial charge on any atom is -0.507 e. The second-order valence-electron chi connectivity index (χ2n) is 2.99. The molecule has 0 aliphatic rings. The van der Waals surface area contributed by atoms with Crippen molar-refractivity contribution in [2.24, 2.45) is 0 Å². The van der Waals surface area contributed by atoms with Crippen molar-refractivity contribution in [3.8, 4) is 17.0 Å². The Bertz CT molecular complexity index is 483. The first-order valence-corrected chi connectivity index (χ1v) is 4.36. The fourth-order valence-corrected chi connectivity index (χ4v) is 1.27. The molecule has 0 spiro atoms. The van der Waals surface area contributed by atoms with Crippen molar-refractivity contribution in [1.29, 1.82) is 0 Å². The Morgan fingerprint density at radius 2 is 2.13 bits per heavy atom. The lowest BCUT2D eigenvalue weighted by atomic mass is 10.1. The molecule has 0 amide bonds. The van der Waals surface area contributed by atoms with Crippen LogP contribution in [-0.4, -0.2) is 21.4 Å². The molecule has 15 heavy (non-hydrogen) atoms. The van der Waals surface area contributed by atoms with Crippen molar-refractivity contribution in [2.45, 2.75) is 0 Å². The van der Waals surface area contributed by atoms with E-state index >= 15 is 0 Å². The van der Waals surface area contributed by atoms with Gasteiger partial charge >= 0.3 is 0 Å². The zero-order valence-corrected chi connectivity index (χ0v) is 7.79. The van der Waals surface area contributed by atoms with Crippen LogP contribution in [-0.2, 0) is 0 Å². The zero-order chi connectivity index (χ0) is 10.7. The zero-order valence-electron chi connectivity index (χ0n) is 7.79. The summed E-state index contributed by atoms with van der Waals surface area (Å²) < 4.78 is 0. The molecule has 1 aromatic heterocycles. The molecule has 2 rings (SSSR count). The molecule has 1 heterocycles. The van der Waals surface area contributed by atoms with E-state index in [-0.39, 0.29) is 11.3 Å². The maximum absolute atomic E-state index is 10.6. The van der Waals surface area contributed by atoms with Gasteiger partial charge < -0.3 is 5.11 Å². The number of benzene rings is 1. The van der Waals surface area contributed by atoms with Crippen molar-refractivity contribution < 1.29 is 9.90 Å². The molecule has 0 atom stereocenters. The SMILES string of the molecule is O=Cc1cc(-c2ccncn2)ccc1O. The third-order valence-electron chi connectivity index (χ3n) is 2.03. The molecule has 0 saturated heterocycles. The van der Waals surface area contributed by atoms with Gasteiger partial charge in [0.15, 0.2) is 6.29 Å². The smallest absolute Gasteiger partial charge is 0.153 e. The van der Waals surface area contributed by atoms with Gasteiger partial charge in [0.25, 0.3) is 0 Å². The highest BCUT2D eigenvalue weighted by Gasteiger charge is 2.03. The van der Waals surface area contributed by atoms with Gasteiger partial charge in [-0.05, 0) is 24.3 Å². The number of aromatic hydroxyl groups is 1. The van der Waals surface area contributed by atoms with Gasteiger partial charge in [0.05, 0.1) is 11.3 Å². The Balaban J connectivity index is 2.51. The number of aromatic nitrogens is 2. The van der Waals surface area contributed by atoms with Gasteiger partial charge in [0, 0.05) is 11.8 Å². The van der Waals surface area contributed by atoms with Gasteiger partial charge in [-0.3, -0.25) is 4.79 Å². The van der Waals surface area contributed by atoms with Gasteiger partial charge in [0.1, 0.15) is 12.1 Å². The molecule has 4 nitrogen and oxygen atoms in total. The predicted octanol–water partition coefficient (Wildman–Crippen LogP) is 1.66. The van der Waals surface area contributed by atoms with Crippen LogP contribution in [0.15, 0.2) is 36.8 Å². The van der Waals surface area contributed by atoms with E-state index in [4.69, 9.17) is 0 Å². The Morgan fingerprint density at radius 1 is 1.27 bits per heavy atom. The summed E-state index contributed by atoms with van der Waals surface area (Å²) in [6.07, 6.45) is 3.67. The first-order chi connectivity index (χ1) is 7.31. The molecular weight excluding hydrogens is 192 g/mol. The average molecular weight is 200 g/mol. The molecule has 0 bridgehead atoms. The number of hydrogen-bond acceptors (Lipinski definition) is 4. The van der Waals surface area contributed by atoms with E-state index in [9.17, 15) is 9.90 Å². The molecule has 1 N–H and O–H groups in total. The topological polar surface area (TPSA) is 63.1 Å². The van der Waals surface area contributed by atoms with Crippen LogP contribution in [0.3, 0.4) is 0 Å². The fourth-order valence-electron chi connectivity index (χ4n) is 1.27. The normalized spacial score (nSPS) is 9.87. The maximum Gasteiger partial charge on any atom is 0.153 e. The van der Waals surface area contributed by atoms with Crippen LogP contribution in [0.2, 0.25) is 0 Å². The van der Waals surface area contributed by atoms with E-state index in [1.165, 1.54) is 12.4 Å². The summed E-state index contributed by atoms with van der Waals surface area (Å²) in [5.74, 6) is -0.0252. The second kappa shape index (κ2) is 3.88. The highest BCUT2D eigenvalue weighted by atomic mass is 16.3. The van der Waals surface area contributed by atoms with E-state index in [1.54, 1.807) is 24.4 Å². The summed E-state index contributed by atoms with van der Waals surface area (Å²) in [6, 6.07) is 6.50. The molecule has 74 valence electrons. The molecule has 4 heteroatoms. The van der Waals surface area contributed by atoms with Crippen molar-refractivity contribution in [3.63, 3.8) is 0 Å². The van der Waals surface area contributed by atoms with E-state index in [1.807, 2.05) is 0 Å². The lowest BCUT2D eigenvalue weighted by molar-refractivity contribution is 0.112. The van der Waals surface area contributed by atoms with Crippen LogP contribution in [0.25, 0.3) is 11.3 Å². The Hall–Kier alpha value is -2.23. The van der Waals surface area contributed by atoms with E-state index in [2.05, 4.69) is 9.97 Å². The highest BCUT2D eigenvalue weighted by Crippen LogP contribution is 2.22. The molecule has 0 unspecified atom stereocenters. The van der Waals surface area contributed by atoms with Gasteiger partial charge in [-0.1, -0.05) is 0 Å². The van der Waals surface area contributed by atoms with Crippen molar-refractivity contribution in [2.75, 3.05) is 0 Å². The lowest BCUT2D eigenvalue weighted by Crippen LogP contribution is -1.87. The van der Waals surface area contributed by atoms with Gasteiger partial charge in [-0.2, -0.15) is 0 Å². The molecule has 2 aromatic rings. The highest BCUT2D eigenvalue weighted by molar-refractivity contribution is 5.82. The number of nitrogens with zero attached hydrogens (tertiary/aromatic N) is 2. The minimum absolute atomic E-state index is 0.0252. The van der Waals surface area contributed by atoms with Crippen LogP contribution < -0.4 is 0 Å². The Labute approximate surface area is 86.2 Å². The second-order valence-corrected chi connectivity index (χ2v) is 2.99. The number of phenolic OH excluding ortho intramolecular Hbond substituents is 1. The Morgan fingerprint density at radius 3 is 2.80 bits per heavy atom. The molecule has 0 radical (unpaired) electrons. The summed E-state index contributed by atoms with van der Waals surface area (Å²) in [7, 11) is 0. The molecule has 0 aliphatic carbocycles. The summed E-state index contributed by atoms with van der Waals surface area (Å²) in [5.41, 5.74) is 1.75. The number of carbonyl (C=O) groups excluding carboxylic acids is 1. The van der Waals surface area contributed by atoms with Gasteiger partial charge in [-0.25, -0.2) is 9.97 Å². The van der Waals surface area contributed by atoms with Crippen LogP contribution >= 0.6 is 0 Å². The monoisotopic (exact) mass is 200 g/mol. The van der Waals surface area contributed by atoms with Crippen molar-refractivity contribution in [1.82, 2.24) is 9.97 Å². The number of phenols is 1. The van der Waals surface area contributed by atoms with E-state index in [0.717, 1.165) is 5.56 Å². The summed E-state index contributed by atoms with van der Waals surface area (Å²) in [5, 5.41) is 9.32. The van der Waals surface area contributed by atoms with Crippen LogP contribution in [0.1, 0.15) is 10.4 Å². The summed E-state index contributed by atoms with van der Waals surface area (Å²) in [4.78, 5) is 18.5. The van der Waals surface area contributed by atoms with Crippen LogP contribution in [0.5, 0.6) is 5.75 Å². The first kappa shape index (κ1) is 9.33. The van der Waals surface area contributed by atoms with Gasteiger partial charge in [0.2, 0.25) is 0 Å². The number of aldehydes is 1. The third kappa shape index (κ3) is 1.83. The number of carbonyl (C=O) groups is 1. The largest absolute Gasteiger partial charge is 0.507 e. The van der Waals surface area contributed by atoms with E-state index < -0.39 is 0 Å². The molecule has 0 saturated carbocycles. The van der Waals surface area contributed by atoms with Crippen LogP contribution in [0, 0.1) is 0 Å². The number of hydrogen-bond donors (Lipinski definition) is 1. The fraction of sp³-hybridized carbons (Fsp3) is 0. The minimum atomic E-state index is -0.0252. The molecule has 0 aliphatic heterocycles. The standard InChI is InChI=1S/C11H8N2O2/c14-6-9-5-8(1-2-11(9)15)10-3-4-12-7-13-10/h1-7,15H. The third-order valence-corrected chi connectivity index (χ3v) is 2.03. The quantitative estimate of drug-likeness (QED) is 0.749. The first-order valence-electron chi connectivity index (χ1n) is 4.36. The average Bonchev–Trinajstić information content (AvgIpc) is 2.31. The number of rotatable bonds is 2. The lowest BCUT2D eigenvalue weighted by Gasteiger charge is -2.02. The predicted molar refractivity (Wildman–Crippen MR) is 54.5 cm³/mol. The summed E-state index contributed by atoms with van der Waals surface area (Å²) in [6.45, 7) is 0. The molecule has 0 fully saturated rings. The van der Waals surface area contributed by atoms with Crippen LogP contribution in [0.4, 0.5) is 0 Å². The van der Waals surface area contributed by atoms with Gasteiger partial charge in [-0.15, -0.1) is 0 Å². The van der Waals surface area contributed by atoms with E-state index in [0.29, 0.717) is 12.0 Å². The molecular formula is C11H8N2O2. The maximum atomic E-state index is 10.6. The Kier molecular flexibility index (Phi) is 2.41. The van der Waals surface area contributed by atoms with Crippen molar-refractivity contribution in [3.05, 3.63) is 42.4 Å². The summed E-state index contributed by atoms with van der Waals surface area (Å²) >= 11 is 0.